The summed E-state index contributed by atoms with van der Waals surface area (Å²) in [6, 6.07) is 15.5. The Morgan fingerprint density at radius 2 is 1.75 bits per heavy atom. The molecule has 1 aromatic heterocycles. The molecule has 0 aliphatic carbocycles. The summed E-state index contributed by atoms with van der Waals surface area (Å²) in [6.07, 6.45) is 0.648. The van der Waals surface area contributed by atoms with Gasteiger partial charge in [-0.2, -0.15) is 4.98 Å². The number of rotatable bonds is 5. The van der Waals surface area contributed by atoms with Crippen LogP contribution in [-0.2, 0) is 6.42 Å². The van der Waals surface area contributed by atoms with Crippen LogP contribution in [0.2, 0.25) is 0 Å². The van der Waals surface area contributed by atoms with Crippen molar-refractivity contribution in [1.29, 1.82) is 0 Å². The van der Waals surface area contributed by atoms with Gasteiger partial charge in [0.25, 0.3) is 5.91 Å². The predicted octanol–water partition coefficient (Wildman–Crippen LogP) is 2.95. The summed E-state index contributed by atoms with van der Waals surface area (Å²) in [7, 11) is 0. The summed E-state index contributed by atoms with van der Waals surface area (Å²) >= 11 is 0. The van der Waals surface area contributed by atoms with Crippen LogP contribution >= 0.6 is 0 Å². The van der Waals surface area contributed by atoms with Crippen LogP contribution in [0.5, 0.6) is 11.5 Å². The van der Waals surface area contributed by atoms with E-state index < -0.39 is 0 Å². The molecule has 8 nitrogen and oxygen atoms in total. The molecule has 3 heterocycles. The molecule has 1 saturated heterocycles. The second-order valence-electron chi connectivity index (χ2n) is 8.07. The second kappa shape index (κ2) is 9.00. The molecule has 0 radical (unpaired) electrons. The van der Waals surface area contributed by atoms with Crippen LogP contribution in [0, 0.1) is 0 Å². The van der Waals surface area contributed by atoms with Gasteiger partial charge < -0.3 is 18.9 Å². The van der Waals surface area contributed by atoms with Crippen LogP contribution in [0.25, 0.3) is 0 Å². The average molecular weight is 434 g/mol. The zero-order chi connectivity index (χ0) is 21.9. The minimum atomic E-state index is -0.00133. The smallest absolute Gasteiger partial charge is 0.254 e. The maximum absolute atomic E-state index is 13.0. The molecule has 0 unspecified atom stereocenters. The lowest BCUT2D eigenvalue weighted by Crippen LogP contribution is -2.49. The van der Waals surface area contributed by atoms with E-state index in [-0.39, 0.29) is 11.9 Å². The van der Waals surface area contributed by atoms with Gasteiger partial charge in [-0.05, 0) is 30.7 Å². The number of fused-ring (bicyclic) bond motifs is 1. The molecule has 1 amide bonds. The summed E-state index contributed by atoms with van der Waals surface area (Å²) in [5.74, 6) is 2.64. The topological polar surface area (TPSA) is 80.9 Å². The number of nitrogens with zero attached hydrogens (tertiary/aromatic N) is 4. The zero-order valence-corrected chi connectivity index (χ0v) is 18.1. The number of amides is 1. The third-order valence-corrected chi connectivity index (χ3v) is 5.98. The number of carbonyl (C=O) groups is 1. The van der Waals surface area contributed by atoms with E-state index in [0.717, 1.165) is 18.7 Å². The normalized spacial score (nSPS) is 17.2. The molecule has 32 heavy (non-hydrogen) atoms. The van der Waals surface area contributed by atoms with Crippen molar-refractivity contribution in [3.05, 3.63) is 71.4 Å². The van der Waals surface area contributed by atoms with Crippen molar-refractivity contribution in [2.24, 2.45) is 0 Å². The molecule has 5 rings (SSSR count). The molecule has 1 atom stereocenters. The van der Waals surface area contributed by atoms with Gasteiger partial charge in [0.15, 0.2) is 17.3 Å². The van der Waals surface area contributed by atoms with E-state index in [1.54, 1.807) is 12.1 Å². The molecule has 166 valence electrons. The van der Waals surface area contributed by atoms with Gasteiger partial charge in [-0.1, -0.05) is 35.5 Å². The first-order valence-electron chi connectivity index (χ1n) is 11.0. The van der Waals surface area contributed by atoms with Gasteiger partial charge in [-0.15, -0.1) is 0 Å². The molecular formula is C24H26N4O4. The van der Waals surface area contributed by atoms with Crippen LogP contribution in [0.15, 0.2) is 53.1 Å². The highest BCUT2D eigenvalue weighted by molar-refractivity contribution is 5.95. The molecule has 8 heteroatoms. The summed E-state index contributed by atoms with van der Waals surface area (Å²) in [6.45, 7) is 5.88. The number of benzene rings is 2. The first-order chi connectivity index (χ1) is 15.7. The highest BCUT2D eigenvalue weighted by Crippen LogP contribution is 2.31. The quantitative estimate of drug-likeness (QED) is 0.611. The summed E-state index contributed by atoms with van der Waals surface area (Å²) in [5, 5.41) is 4.15. The van der Waals surface area contributed by atoms with Crippen LogP contribution in [-0.4, -0.2) is 65.2 Å². The Labute approximate surface area is 186 Å². The summed E-state index contributed by atoms with van der Waals surface area (Å²) < 4.78 is 16.7. The zero-order valence-electron chi connectivity index (χ0n) is 18.1. The van der Waals surface area contributed by atoms with Crippen molar-refractivity contribution < 1.29 is 18.8 Å². The lowest BCUT2D eigenvalue weighted by atomic mass is 10.1. The van der Waals surface area contributed by atoms with Crippen molar-refractivity contribution in [2.75, 3.05) is 39.4 Å². The largest absolute Gasteiger partial charge is 0.486 e. The van der Waals surface area contributed by atoms with Crippen LogP contribution < -0.4 is 9.47 Å². The van der Waals surface area contributed by atoms with Crippen molar-refractivity contribution in [1.82, 2.24) is 19.9 Å². The van der Waals surface area contributed by atoms with Gasteiger partial charge in [0, 0.05) is 38.2 Å². The van der Waals surface area contributed by atoms with E-state index >= 15 is 0 Å². The van der Waals surface area contributed by atoms with Crippen molar-refractivity contribution in [3.8, 4) is 11.5 Å². The van der Waals surface area contributed by atoms with Crippen LogP contribution in [0.3, 0.4) is 0 Å². The summed E-state index contributed by atoms with van der Waals surface area (Å²) in [4.78, 5) is 21.7. The highest BCUT2D eigenvalue weighted by atomic mass is 16.6. The molecule has 0 N–H and O–H groups in total. The lowest BCUT2D eigenvalue weighted by molar-refractivity contribution is 0.0551. The lowest BCUT2D eigenvalue weighted by Gasteiger charge is -2.36. The maximum atomic E-state index is 13.0. The molecule has 2 aromatic carbocycles. The van der Waals surface area contributed by atoms with Gasteiger partial charge >= 0.3 is 0 Å². The number of carbonyl (C=O) groups excluding carboxylic acids is 1. The van der Waals surface area contributed by atoms with Gasteiger partial charge in [-0.3, -0.25) is 9.69 Å². The monoisotopic (exact) mass is 434 g/mol. The molecule has 0 saturated carbocycles. The van der Waals surface area contributed by atoms with E-state index in [4.69, 9.17) is 14.0 Å². The fourth-order valence-corrected chi connectivity index (χ4v) is 4.11. The standard InChI is InChI=1S/C24H26N4O4/c1-17(23-25-22(26-32-23)15-18-5-3-2-4-6-18)27-9-11-28(12-10-27)24(29)19-7-8-20-21(16-19)31-14-13-30-20/h2-8,16-17H,9-15H2,1H3/t17-/m1/s1. The Morgan fingerprint density at radius 1 is 1.00 bits per heavy atom. The Hall–Kier alpha value is -3.39. The van der Waals surface area contributed by atoms with Gasteiger partial charge in [0.2, 0.25) is 5.89 Å². The van der Waals surface area contributed by atoms with E-state index in [1.807, 2.05) is 29.2 Å². The summed E-state index contributed by atoms with van der Waals surface area (Å²) in [5.41, 5.74) is 1.77. The number of piperazine rings is 1. The van der Waals surface area contributed by atoms with Crippen LogP contribution in [0.4, 0.5) is 0 Å². The minimum absolute atomic E-state index is 0.00133. The minimum Gasteiger partial charge on any atom is -0.486 e. The van der Waals surface area contributed by atoms with Crippen molar-refractivity contribution in [2.45, 2.75) is 19.4 Å². The molecule has 2 aliphatic heterocycles. The Bertz CT molecular complexity index is 1080. The number of aromatic nitrogens is 2. The maximum Gasteiger partial charge on any atom is 0.254 e. The van der Waals surface area contributed by atoms with Gasteiger partial charge in [0.05, 0.1) is 6.04 Å². The van der Waals surface area contributed by atoms with E-state index in [2.05, 4.69) is 34.1 Å². The van der Waals surface area contributed by atoms with Crippen molar-refractivity contribution in [3.63, 3.8) is 0 Å². The molecule has 0 spiro atoms. The Morgan fingerprint density at radius 3 is 2.53 bits per heavy atom. The number of ether oxygens (including phenoxy) is 2. The predicted molar refractivity (Wildman–Crippen MR) is 117 cm³/mol. The SMILES string of the molecule is C[C@H](c1nc(Cc2ccccc2)no1)N1CCN(C(=O)c2ccc3c(c2)OCCO3)CC1. The van der Waals surface area contributed by atoms with Crippen LogP contribution in [0.1, 0.15) is 40.6 Å². The average Bonchev–Trinajstić information content (AvgIpc) is 3.32. The Kier molecular flexibility index (Phi) is 5.77. The molecular weight excluding hydrogens is 408 g/mol. The molecule has 1 fully saturated rings. The fraction of sp³-hybridized carbons (Fsp3) is 0.375. The third kappa shape index (κ3) is 4.31. The first-order valence-corrected chi connectivity index (χ1v) is 11.0. The molecule has 0 bridgehead atoms. The van der Waals surface area contributed by atoms with E-state index in [9.17, 15) is 4.79 Å². The first kappa shape index (κ1) is 20.5. The highest BCUT2D eigenvalue weighted by Gasteiger charge is 2.28. The van der Waals surface area contributed by atoms with E-state index in [1.165, 1.54) is 0 Å². The molecule has 2 aliphatic rings. The Balaban J connectivity index is 1.18. The van der Waals surface area contributed by atoms with E-state index in [0.29, 0.717) is 61.5 Å². The second-order valence-corrected chi connectivity index (χ2v) is 8.07. The molecule has 3 aromatic rings. The number of hydrogen-bond acceptors (Lipinski definition) is 7. The van der Waals surface area contributed by atoms with Gasteiger partial charge in [-0.25, -0.2) is 0 Å². The van der Waals surface area contributed by atoms with Gasteiger partial charge in [0.1, 0.15) is 13.2 Å². The third-order valence-electron chi connectivity index (χ3n) is 5.98. The fourth-order valence-electron chi connectivity index (χ4n) is 4.11. The van der Waals surface area contributed by atoms with Crippen molar-refractivity contribution >= 4 is 5.91 Å². The number of hydrogen-bond donors (Lipinski definition) is 0.